The lowest BCUT2D eigenvalue weighted by Gasteiger charge is -2.21. The van der Waals surface area contributed by atoms with Crippen LogP contribution in [0.5, 0.6) is 0 Å². The summed E-state index contributed by atoms with van der Waals surface area (Å²) in [5.41, 5.74) is 1.75. The number of hydrogen-bond acceptors (Lipinski definition) is 5. The van der Waals surface area contributed by atoms with E-state index in [0.717, 1.165) is 17.7 Å². The first kappa shape index (κ1) is 10.5. The molecule has 3 heterocycles. The highest BCUT2D eigenvalue weighted by Crippen LogP contribution is 2.33. The van der Waals surface area contributed by atoms with Gasteiger partial charge in [-0.25, -0.2) is 15.0 Å². The highest BCUT2D eigenvalue weighted by molar-refractivity contribution is 8.00. The third-order valence-corrected chi connectivity index (χ3v) is 3.86. The monoisotopic (exact) mass is 246 g/mol. The van der Waals surface area contributed by atoms with E-state index in [1.165, 1.54) is 11.8 Å². The summed E-state index contributed by atoms with van der Waals surface area (Å²) in [5.74, 6) is 1.80. The number of carbonyl (C=O) groups is 1. The summed E-state index contributed by atoms with van der Waals surface area (Å²) >= 11 is 1.49. The van der Waals surface area contributed by atoms with Crippen molar-refractivity contribution in [2.24, 2.45) is 4.99 Å². The second-order valence-electron chi connectivity index (χ2n) is 3.88. The quantitative estimate of drug-likeness (QED) is 0.807. The van der Waals surface area contributed by atoms with Crippen LogP contribution in [0.3, 0.4) is 0 Å². The normalized spacial score (nSPS) is 22.5. The first-order valence-electron chi connectivity index (χ1n) is 5.22. The molecule has 1 N–H and O–H groups in total. The Morgan fingerprint density at radius 1 is 1.53 bits per heavy atom. The van der Waals surface area contributed by atoms with Gasteiger partial charge in [0.05, 0.1) is 0 Å². The molecule has 1 saturated heterocycles. The van der Waals surface area contributed by atoms with Crippen LogP contribution in [0, 0.1) is 0 Å². The Bertz CT molecular complexity index is 540. The SMILES string of the molecule is C=C1CSC(c2ncc3c(n2)N=CC3)C(=O)N1. The van der Waals surface area contributed by atoms with Gasteiger partial charge < -0.3 is 5.32 Å². The Balaban J connectivity index is 1.91. The second-order valence-corrected chi connectivity index (χ2v) is 4.97. The number of nitrogens with zero attached hydrogens (tertiary/aromatic N) is 3. The molecule has 86 valence electrons. The van der Waals surface area contributed by atoms with E-state index in [2.05, 4.69) is 26.9 Å². The van der Waals surface area contributed by atoms with Gasteiger partial charge in [0.2, 0.25) is 5.91 Å². The van der Waals surface area contributed by atoms with Gasteiger partial charge in [0.25, 0.3) is 0 Å². The zero-order valence-electron chi connectivity index (χ0n) is 9.01. The minimum Gasteiger partial charge on any atom is -0.328 e. The molecule has 2 aliphatic rings. The molecule has 0 bridgehead atoms. The molecule has 0 spiro atoms. The predicted octanol–water partition coefficient (Wildman–Crippen LogP) is 1.15. The number of fused-ring (bicyclic) bond motifs is 1. The maximum atomic E-state index is 11.8. The first-order chi connectivity index (χ1) is 8.24. The zero-order chi connectivity index (χ0) is 11.8. The third-order valence-electron chi connectivity index (χ3n) is 2.58. The Morgan fingerprint density at radius 2 is 2.41 bits per heavy atom. The van der Waals surface area contributed by atoms with Crippen molar-refractivity contribution in [1.82, 2.24) is 15.3 Å². The van der Waals surface area contributed by atoms with Crippen LogP contribution in [-0.4, -0.2) is 27.8 Å². The lowest BCUT2D eigenvalue weighted by molar-refractivity contribution is -0.120. The predicted molar refractivity (Wildman–Crippen MR) is 66.4 cm³/mol. The third kappa shape index (κ3) is 1.84. The minimum atomic E-state index is -0.360. The number of thioether (sulfide) groups is 1. The van der Waals surface area contributed by atoms with E-state index in [1.807, 2.05) is 0 Å². The van der Waals surface area contributed by atoms with Crippen LogP contribution in [0.4, 0.5) is 5.82 Å². The molecule has 6 heteroatoms. The lowest BCUT2D eigenvalue weighted by atomic mass is 10.2. The molecule has 0 radical (unpaired) electrons. The average Bonchev–Trinajstić information content (AvgIpc) is 2.75. The summed E-state index contributed by atoms with van der Waals surface area (Å²) in [6.45, 7) is 3.73. The van der Waals surface area contributed by atoms with Gasteiger partial charge in [0.1, 0.15) is 5.25 Å². The summed E-state index contributed by atoms with van der Waals surface area (Å²) in [5, 5.41) is 2.36. The van der Waals surface area contributed by atoms with E-state index in [4.69, 9.17) is 0 Å². The summed E-state index contributed by atoms with van der Waals surface area (Å²) in [6, 6.07) is 0. The standard InChI is InChI=1S/C11H10N4OS/c1-6-5-17-8(11(16)14-6)10-13-4-7-2-3-12-9(7)15-10/h3-4,8H,1-2,5H2,(H,14,16). The average molecular weight is 246 g/mol. The van der Waals surface area contributed by atoms with Gasteiger partial charge in [0.15, 0.2) is 11.6 Å². The van der Waals surface area contributed by atoms with Crippen molar-refractivity contribution in [3.8, 4) is 0 Å². The molecule has 3 rings (SSSR count). The van der Waals surface area contributed by atoms with Gasteiger partial charge >= 0.3 is 0 Å². The van der Waals surface area contributed by atoms with E-state index in [0.29, 0.717) is 17.4 Å². The van der Waals surface area contributed by atoms with E-state index in [-0.39, 0.29) is 11.2 Å². The molecule has 0 aromatic carbocycles. The smallest absolute Gasteiger partial charge is 0.245 e. The van der Waals surface area contributed by atoms with E-state index in [1.54, 1.807) is 12.4 Å². The molecular weight excluding hydrogens is 236 g/mol. The van der Waals surface area contributed by atoms with Crippen molar-refractivity contribution >= 4 is 29.7 Å². The Kier molecular flexibility index (Phi) is 2.44. The molecule has 0 aliphatic carbocycles. The van der Waals surface area contributed by atoms with Gasteiger partial charge in [0, 0.05) is 35.8 Å². The number of rotatable bonds is 1. The number of nitrogens with one attached hydrogen (secondary N) is 1. The fourth-order valence-electron chi connectivity index (χ4n) is 1.75. The van der Waals surface area contributed by atoms with E-state index in [9.17, 15) is 4.79 Å². The van der Waals surface area contributed by atoms with Gasteiger partial charge in [-0.05, 0) is 0 Å². The largest absolute Gasteiger partial charge is 0.328 e. The lowest BCUT2D eigenvalue weighted by Crippen LogP contribution is -2.33. The van der Waals surface area contributed by atoms with Gasteiger partial charge in [-0.1, -0.05) is 6.58 Å². The molecule has 2 aliphatic heterocycles. The summed E-state index contributed by atoms with van der Waals surface area (Å²) in [6.07, 6.45) is 4.33. The van der Waals surface area contributed by atoms with Crippen LogP contribution < -0.4 is 5.32 Å². The molecule has 0 saturated carbocycles. The highest BCUT2D eigenvalue weighted by atomic mass is 32.2. The van der Waals surface area contributed by atoms with Crippen LogP contribution in [0.25, 0.3) is 0 Å². The van der Waals surface area contributed by atoms with Crippen LogP contribution >= 0.6 is 11.8 Å². The maximum Gasteiger partial charge on any atom is 0.245 e. The second kappa shape index (κ2) is 3.96. The van der Waals surface area contributed by atoms with Crippen molar-refractivity contribution in [3.05, 3.63) is 29.9 Å². The van der Waals surface area contributed by atoms with Crippen molar-refractivity contribution in [1.29, 1.82) is 0 Å². The Morgan fingerprint density at radius 3 is 3.24 bits per heavy atom. The summed E-state index contributed by atoms with van der Waals surface area (Å²) in [7, 11) is 0. The van der Waals surface area contributed by atoms with Crippen molar-refractivity contribution in [3.63, 3.8) is 0 Å². The zero-order valence-corrected chi connectivity index (χ0v) is 9.83. The molecule has 1 aromatic heterocycles. The molecule has 1 aromatic rings. The Hall–Kier alpha value is -1.69. The molecule has 1 unspecified atom stereocenters. The van der Waals surface area contributed by atoms with E-state index < -0.39 is 0 Å². The van der Waals surface area contributed by atoms with Crippen molar-refractivity contribution in [2.75, 3.05) is 5.75 Å². The first-order valence-corrected chi connectivity index (χ1v) is 6.27. The summed E-state index contributed by atoms with van der Waals surface area (Å²) in [4.78, 5) is 24.5. The van der Waals surface area contributed by atoms with Crippen molar-refractivity contribution in [2.45, 2.75) is 11.7 Å². The number of hydrogen-bond donors (Lipinski definition) is 1. The van der Waals surface area contributed by atoms with Gasteiger partial charge in [-0.2, -0.15) is 0 Å². The molecule has 5 nitrogen and oxygen atoms in total. The number of aliphatic imine (C=N–C) groups is 1. The van der Waals surface area contributed by atoms with Crippen LogP contribution in [0.1, 0.15) is 16.6 Å². The molecular formula is C11H10N4OS. The fraction of sp³-hybridized carbons (Fsp3) is 0.273. The number of aromatic nitrogens is 2. The topological polar surface area (TPSA) is 67.2 Å². The molecule has 1 amide bonds. The van der Waals surface area contributed by atoms with Crippen LogP contribution in [0.2, 0.25) is 0 Å². The minimum absolute atomic E-state index is 0.104. The van der Waals surface area contributed by atoms with Gasteiger partial charge in [-0.3, -0.25) is 4.79 Å². The Labute approximate surface area is 102 Å². The van der Waals surface area contributed by atoms with Crippen molar-refractivity contribution < 1.29 is 4.79 Å². The number of carbonyl (C=O) groups excluding carboxylic acids is 1. The van der Waals surface area contributed by atoms with Gasteiger partial charge in [-0.15, -0.1) is 11.8 Å². The van der Waals surface area contributed by atoms with Crippen LogP contribution in [-0.2, 0) is 11.2 Å². The molecule has 17 heavy (non-hydrogen) atoms. The number of amides is 1. The maximum absolute atomic E-state index is 11.8. The fourth-order valence-corrected chi connectivity index (χ4v) is 2.66. The molecule has 1 atom stereocenters. The highest BCUT2D eigenvalue weighted by Gasteiger charge is 2.29. The van der Waals surface area contributed by atoms with Crippen LogP contribution in [0.15, 0.2) is 23.5 Å². The molecule has 1 fully saturated rings. The summed E-state index contributed by atoms with van der Waals surface area (Å²) < 4.78 is 0. The van der Waals surface area contributed by atoms with E-state index >= 15 is 0 Å².